The molecule has 0 aliphatic carbocycles. The predicted octanol–water partition coefficient (Wildman–Crippen LogP) is 1.91. The highest BCUT2D eigenvalue weighted by Gasteiger charge is 1.97. The zero-order valence-corrected chi connectivity index (χ0v) is 10.8. The molecular formula is C10H14N4S2. The molecule has 16 heavy (non-hydrogen) atoms. The van der Waals surface area contributed by atoms with Gasteiger partial charge in [0.2, 0.25) is 0 Å². The van der Waals surface area contributed by atoms with Gasteiger partial charge in [-0.2, -0.15) is 21.4 Å². The fraction of sp³-hybridized carbons (Fsp3) is 0.500. The van der Waals surface area contributed by atoms with Gasteiger partial charge in [0.05, 0.1) is 18.2 Å². The van der Waals surface area contributed by atoms with Gasteiger partial charge in [-0.3, -0.25) is 4.99 Å². The summed E-state index contributed by atoms with van der Waals surface area (Å²) in [5.41, 5.74) is 1.14. The van der Waals surface area contributed by atoms with Gasteiger partial charge in [-0.05, 0) is 17.6 Å². The number of amidine groups is 1. The van der Waals surface area contributed by atoms with Crippen molar-refractivity contribution in [2.75, 3.05) is 19.3 Å². The molecule has 0 unspecified atom stereocenters. The Balaban J connectivity index is 2.06. The first-order valence-electron chi connectivity index (χ1n) is 4.90. The number of nitriles is 1. The maximum atomic E-state index is 8.51. The van der Waals surface area contributed by atoms with Crippen LogP contribution in [0.2, 0.25) is 0 Å². The van der Waals surface area contributed by atoms with Gasteiger partial charge in [0.25, 0.3) is 0 Å². The molecule has 0 aliphatic rings. The van der Waals surface area contributed by atoms with Gasteiger partial charge in [-0.15, -0.1) is 0 Å². The Hall–Kier alpha value is -1.06. The first kappa shape index (κ1) is 13.0. The minimum atomic E-state index is 0.354. The number of nitrogens with zero attached hydrogens (tertiary/aromatic N) is 3. The fourth-order valence-corrected chi connectivity index (χ4v) is 2.43. The van der Waals surface area contributed by atoms with Crippen molar-refractivity contribution in [3.63, 3.8) is 0 Å². The molecule has 0 atom stereocenters. The number of aromatic nitrogens is 1. The normalized spacial score (nSPS) is 11.1. The molecule has 1 rings (SSSR count). The molecule has 0 fully saturated rings. The smallest absolute Gasteiger partial charge is 0.110 e. The molecule has 0 aromatic carbocycles. The summed E-state index contributed by atoms with van der Waals surface area (Å²) in [6.45, 7) is 0.836. The Kier molecular flexibility index (Phi) is 6.61. The molecule has 4 nitrogen and oxygen atoms in total. The molecule has 1 N–H and O–H groups in total. The van der Waals surface area contributed by atoms with Crippen molar-refractivity contribution >= 4 is 29.1 Å². The average Bonchev–Trinajstić information content (AvgIpc) is 2.80. The lowest BCUT2D eigenvalue weighted by Gasteiger charge is -2.05. The molecule has 1 heterocycles. The highest BCUT2D eigenvalue weighted by atomic mass is 32.2. The maximum absolute atomic E-state index is 8.51. The summed E-state index contributed by atoms with van der Waals surface area (Å²) in [6, 6.07) is 4.11. The lowest BCUT2D eigenvalue weighted by atomic mass is 10.4. The van der Waals surface area contributed by atoms with Crippen molar-refractivity contribution < 1.29 is 0 Å². The molecule has 0 radical (unpaired) electrons. The number of hydrogen-bond donors (Lipinski definition) is 1. The third kappa shape index (κ3) is 5.14. The number of aliphatic imine (C=N–C) groups is 1. The van der Waals surface area contributed by atoms with Crippen LogP contribution in [0.25, 0.3) is 0 Å². The fourth-order valence-electron chi connectivity index (χ4n) is 1.05. The SMILES string of the molecule is CN=C(CC#N)NCCSCc1ccsn1. The Morgan fingerprint density at radius 3 is 3.25 bits per heavy atom. The van der Waals surface area contributed by atoms with Gasteiger partial charge in [0, 0.05) is 30.5 Å². The van der Waals surface area contributed by atoms with Gasteiger partial charge in [0.1, 0.15) is 5.84 Å². The second-order valence-corrected chi connectivity index (χ2v) is 4.75. The first-order chi connectivity index (χ1) is 7.86. The minimum Gasteiger partial charge on any atom is -0.372 e. The van der Waals surface area contributed by atoms with E-state index in [0.29, 0.717) is 6.42 Å². The Morgan fingerprint density at radius 2 is 2.62 bits per heavy atom. The molecule has 0 spiro atoms. The molecule has 1 aromatic heterocycles. The van der Waals surface area contributed by atoms with E-state index >= 15 is 0 Å². The standard InChI is InChI=1S/C10H14N4S2/c1-12-10(2-4-11)13-5-7-15-8-9-3-6-16-14-9/h3,6H,2,5,7-8H2,1H3,(H,12,13). The third-order valence-corrected chi connectivity index (χ3v) is 3.42. The van der Waals surface area contributed by atoms with E-state index in [4.69, 9.17) is 5.26 Å². The number of nitrogens with one attached hydrogen (secondary N) is 1. The molecule has 0 amide bonds. The van der Waals surface area contributed by atoms with Crippen LogP contribution in [0.5, 0.6) is 0 Å². The molecular weight excluding hydrogens is 240 g/mol. The molecule has 86 valence electrons. The van der Waals surface area contributed by atoms with Gasteiger partial charge < -0.3 is 5.32 Å². The van der Waals surface area contributed by atoms with Crippen LogP contribution < -0.4 is 5.32 Å². The molecule has 0 aliphatic heterocycles. The van der Waals surface area contributed by atoms with Crippen molar-refractivity contribution in [3.8, 4) is 6.07 Å². The van der Waals surface area contributed by atoms with Crippen molar-refractivity contribution in [2.24, 2.45) is 4.99 Å². The van der Waals surface area contributed by atoms with E-state index in [1.807, 2.05) is 23.2 Å². The van der Waals surface area contributed by atoms with Crippen LogP contribution in [0.4, 0.5) is 0 Å². The van der Waals surface area contributed by atoms with E-state index in [1.54, 1.807) is 7.05 Å². The van der Waals surface area contributed by atoms with E-state index in [0.717, 1.165) is 29.6 Å². The van der Waals surface area contributed by atoms with Gasteiger partial charge in [-0.25, -0.2) is 0 Å². The molecule has 0 saturated heterocycles. The summed E-state index contributed by atoms with van der Waals surface area (Å²) in [5.74, 6) is 2.70. The van der Waals surface area contributed by atoms with Gasteiger partial charge in [0.15, 0.2) is 0 Å². The van der Waals surface area contributed by atoms with E-state index in [9.17, 15) is 0 Å². The first-order valence-corrected chi connectivity index (χ1v) is 6.89. The zero-order chi connectivity index (χ0) is 11.6. The van der Waals surface area contributed by atoms with Crippen molar-refractivity contribution in [1.82, 2.24) is 9.69 Å². The molecule has 0 saturated carbocycles. The van der Waals surface area contributed by atoms with Gasteiger partial charge in [-0.1, -0.05) is 0 Å². The topological polar surface area (TPSA) is 61.1 Å². The summed E-state index contributed by atoms with van der Waals surface area (Å²) in [7, 11) is 1.70. The Labute approximate surface area is 104 Å². The monoisotopic (exact) mass is 254 g/mol. The van der Waals surface area contributed by atoms with Gasteiger partial charge >= 0.3 is 0 Å². The van der Waals surface area contributed by atoms with Crippen molar-refractivity contribution in [2.45, 2.75) is 12.2 Å². The average molecular weight is 254 g/mol. The summed E-state index contributed by atoms with van der Waals surface area (Å²) in [6.07, 6.45) is 0.354. The number of rotatable bonds is 6. The van der Waals surface area contributed by atoms with E-state index in [-0.39, 0.29) is 0 Å². The van der Waals surface area contributed by atoms with Crippen LogP contribution in [0, 0.1) is 11.3 Å². The third-order valence-electron chi connectivity index (χ3n) is 1.83. The minimum absolute atomic E-state index is 0.354. The second-order valence-electron chi connectivity index (χ2n) is 2.98. The lowest BCUT2D eigenvalue weighted by Crippen LogP contribution is -2.25. The van der Waals surface area contributed by atoms with Crippen LogP contribution in [0.3, 0.4) is 0 Å². The molecule has 6 heteroatoms. The van der Waals surface area contributed by atoms with Crippen LogP contribution in [0.1, 0.15) is 12.1 Å². The van der Waals surface area contributed by atoms with Crippen LogP contribution in [-0.2, 0) is 5.75 Å². The molecule has 1 aromatic rings. The highest BCUT2D eigenvalue weighted by molar-refractivity contribution is 7.98. The maximum Gasteiger partial charge on any atom is 0.110 e. The van der Waals surface area contributed by atoms with Crippen LogP contribution in [0.15, 0.2) is 16.4 Å². The van der Waals surface area contributed by atoms with E-state index < -0.39 is 0 Å². The van der Waals surface area contributed by atoms with Crippen molar-refractivity contribution in [3.05, 3.63) is 17.1 Å². The zero-order valence-electron chi connectivity index (χ0n) is 9.14. The number of thioether (sulfide) groups is 1. The number of hydrogen-bond acceptors (Lipinski definition) is 5. The molecule has 0 bridgehead atoms. The largest absolute Gasteiger partial charge is 0.372 e. The van der Waals surface area contributed by atoms with Crippen molar-refractivity contribution in [1.29, 1.82) is 5.26 Å². The lowest BCUT2D eigenvalue weighted by molar-refractivity contribution is 0.952. The highest BCUT2D eigenvalue weighted by Crippen LogP contribution is 2.10. The summed E-state index contributed by atoms with van der Waals surface area (Å²) in [5, 5.41) is 13.6. The Bertz CT molecular complexity index is 353. The van der Waals surface area contributed by atoms with E-state index in [2.05, 4.69) is 20.8 Å². The Morgan fingerprint density at radius 1 is 1.75 bits per heavy atom. The predicted molar refractivity (Wildman–Crippen MR) is 69.9 cm³/mol. The summed E-state index contributed by atoms with van der Waals surface area (Å²) < 4.78 is 4.23. The van der Waals surface area contributed by atoms with E-state index in [1.165, 1.54) is 11.5 Å². The summed E-state index contributed by atoms with van der Waals surface area (Å²) in [4.78, 5) is 3.99. The second kappa shape index (κ2) is 8.13. The van der Waals surface area contributed by atoms with Crippen LogP contribution >= 0.6 is 23.3 Å². The quantitative estimate of drug-likeness (QED) is 0.478. The van der Waals surface area contributed by atoms with Crippen LogP contribution in [-0.4, -0.2) is 29.6 Å². The summed E-state index contributed by atoms with van der Waals surface area (Å²) >= 11 is 3.31.